The van der Waals surface area contributed by atoms with Crippen LogP contribution in [0.2, 0.25) is 0 Å². The van der Waals surface area contributed by atoms with Crippen molar-refractivity contribution in [1.29, 1.82) is 0 Å². The van der Waals surface area contributed by atoms with E-state index >= 15 is 0 Å². The minimum Gasteiger partial charge on any atom is -0.385 e. The number of pyridine rings is 1. The topological polar surface area (TPSA) is 62.3 Å². The second-order valence-electron chi connectivity index (χ2n) is 5.24. The average molecular weight is 297 g/mol. The Hall–Kier alpha value is -1.14. The van der Waals surface area contributed by atoms with Gasteiger partial charge < -0.3 is 5.32 Å². The molecule has 0 amide bonds. The molecule has 0 aromatic carbocycles. The number of nitrogens with one attached hydrogen (secondary N) is 1. The number of rotatable bonds is 5. The van der Waals surface area contributed by atoms with Crippen LogP contribution in [0.15, 0.2) is 18.3 Å². The summed E-state index contributed by atoms with van der Waals surface area (Å²) >= 11 is 0. The summed E-state index contributed by atoms with van der Waals surface area (Å²) in [6.07, 6.45) is 3.61. The Labute approximate surface area is 121 Å². The van der Waals surface area contributed by atoms with Crippen molar-refractivity contribution in [2.75, 3.05) is 36.5 Å². The molecular weight excluding hydrogens is 274 g/mol. The maximum absolute atomic E-state index is 11.6. The molecule has 0 spiro atoms. The molecule has 2 heterocycles. The largest absolute Gasteiger partial charge is 0.385 e. The van der Waals surface area contributed by atoms with E-state index in [0.29, 0.717) is 12.3 Å². The summed E-state index contributed by atoms with van der Waals surface area (Å²) in [5.41, 5.74) is 2.07. The number of nitrogens with zero attached hydrogens (tertiary/aromatic N) is 2. The van der Waals surface area contributed by atoms with Gasteiger partial charge in [0.2, 0.25) is 0 Å². The first-order chi connectivity index (χ1) is 9.59. The Bertz CT molecular complexity index is 531. The SMILES string of the molecule is CCCNc1ccnc(CN2CCCS(=O)(=O)CC2)c1. The molecule has 1 aliphatic heterocycles. The molecule has 5 nitrogen and oxygen atoms in total. The molecule has 0 bridgehead atoms. The molecule has 112 valence electrons. The molecule has 1 N–H and O–H groups in total. The summed E-state index contributed by atoms with van der Waals surface area (Å²) in [5, 5.41) is 3.34. The predicted octanol–water partition coefficient (Wildman–Crippen LogP) is 1.52. The second kappa shape index (κ2) is 7.04. The molecule has 0 aliphatic carbocycles. The van der Waals surface area contributed by atoms with E-state index in [0.717, 1.165) is 43.9 Å². The second-order valence-corrected chi connectivity index (χ2v) is 7.55. The minimum absolute atomic E-state index is 0.265. The third-order valence-corrected chi connectivity index (χ3v) is 5.14. The first-order valence-electron chi connectivity index (χ1n) is 7.20. The Balaban J connectivity index is 1.95. The lowest BCUT2D eigenvalue weighted by molar-refractivity contribution is 0.284. The van der Waals surface area contributed by atoms with Gasteiger partial charge in [0.15, 0.2) is 9.84 Å². The fourth-order valence-electron chi connectivity index (χ4n) is 2.32. The van der Waals surface area contributed by atoms with E-state index in [1.807, 2.05) is 12.3 Å². The maximum atomic E-state index is 11.6. The molecule has 0 atom stereocenters. The lowest BCUT2D eigenvalue weighted by atomic mass is 10.2. The van der Waals surface area contributed by atoms with Crippen molar-refractivity contribution in [2.45, 2.75) is 26.3 Å². The molecule has 1 aromatic heterocycles. The van der Waals surface area contributed by atoms with E-state index in [1.54, 1.807) is 0 Å². The van der Waals surface area contributed by atoms with Crippen LogP contribution in [0.3, 0.4) is 0 Å². The number of aromatic nitrogens is 1. The van der Waals surface area contributed by atoms with E-state index in [2.05, 4.69) is 28.2 Å². The lowest BCUT2D eigenvalue weighted by Crippen LogP contribution is -2.27. The molecule has 20 heavy (non-hydrogen) atoms. The Morgan fingerprint density at radius 1 is 1.35 bits per heavy atom. The Morgan fingerprint density at radius 3 is 3.00 bits per heavy atom. The third kappa shape index (κ3) is 4.76. The average Bonchev–Trinajstić information content (AvgIpc) is 2.58. The zero-order valence-corrected chi connectivity index (χ0v) is 12.8. The molecule has 1 saturated heterocycles. The summed E-state index contributed by atoms with van der Waals surface area (Å²) < 4.78 is 23.2. The fraction of sp³-hybridized carbons (Fsp3) is 0.643. The van der Waals surface area contributed by atoms with Crippen molar-refractivity contribution in [3.05, 3.63) is 24.0 Å². The highest BCUT2D eigenvalue weighted by Gasteiger charge is 2.19. The third-order valence-electron chi connectivity index (χ3n) is 3.43. The summed E-state index contributed by atoms with van der Waals surface area (Å²) in [5.74, 6) is 0.579. The quantitative estimate of drug-likeness (QED) is 0.893. The van der Waals surface area contributed by atoms with Gasteiger partial charge in [-0.3, -0.25) is 9.88 Å². The zero-order chi connectivity index (χ0) is 14.4. The Morgan fingerprint density at radius 2 is 2.20 bits per heavy atom. The molecule has 2 rings (SSSR count). The van der Waals surface area contributed by atoms with Gasteiger partial charge in [-0.25, -0.2) is 8.42 Å². The van der Waals surface area contributed by atoms with Gasteiger partial charge in [0.25, 0.3) is 0 Å². The maximum Gasteiger partial charge on any atom is 0.151 e. The number of anilines is 1. The van der Waals surface area contributed by atoms with Crippen molar-refractivity contribution in [3.8, 4) is 0 Å². The van der Waals surface area contributed by atoms with Crippen molar-refractivity contribution >= 4 is 15.5 Å². The number of sulfone groups is 1. The Kier molecular flexibility index (Phi) is 5.37. The van der Waals surface area contributed by atoms with Gasteiger partial charge in [-0.15, -0.1) is 0 Å². The summed E-state index contributed by atoms with van der Waals surface area (Å²) in [7, 11) is -2.84. The minimum atomic E-state index is -2.84. The molecular formula is C14H23N3O2S. The van der Waals surface area contributed by atoms with Crippen LogP contribution in [0.5, 0.6) is 0 Å². The van der Waals surface area contributed by atoms with Crippen LogP contribution in [0.4, 0.5) is 5.69 Å². The summed E-state index contributed by atoms with van der Waals surface area (Å²) in [6.45, 7) is 5.24. The van der Waals surface area contributed by atoms with Gasteiger partial charge in [0, 0.05) is 31.5 Å². The molecule has 0 saturated carbocycles. The predicted molar refractivity (Wildman–Crippen MR) is 81.6 cm³/mol. The highest BCUT2D eigenvalue weighted by atomic mass is 32.2. The first kappa shape index (κ1) is 15.3. The first-order valence-corrected chi connectivity index (χ1v) is 9.03. The fourth-order valence-corrected chi connectivity index (χ4v) is 3.63. The standard InChI is InChI=1S/C14H23N3O2S/c1-2-5-15-13-4-6-16-14(11-13)12-17-7-3-9-20(18,19)10-8-17/h4,6,11H,2-3,5,7-10,12H2,1H3,(H,15,16). The van der Waals surface area contributed by atoms with Gasteiger partial charge in [0.05, 0.1) is 17.2 Å². The number of hydrogen-bond acceptors (Lipinski definition) is 5. The summed E-state index contributed by atoms with van der Waals surface area (Å²) in [4.78, 5) is 6.55. The van der Waals surface area contributed by atoms with Gasteiger partial charge in [-0.1, -0.05) is 6.92 Å². The van der Waals surface area contributed by atoms with Crippen molar-refractivity contribution in [1.82, 2.24) is 9.88 Å². The van der Waals surface area contributed by atoms with Crippen molar-refractivity contribution in [2.24, 2.45) is 0 Å². The highest BCUT2D eigenvalue weighted by Crippen LogP contribution is 2.12. The van der Waals surface area contributed by atoms with Crippen molar-refractivity contribution in [3.63, 3.8) is 0 Å². The van der Waals surface area contributed by atoms with Gasteiger partial charge in [-0.05, 0) is 31.5 Å². The van der Waals surface area contributed by atoms with Crippen LogP contribution >= 0.6 is 0 Å². The van der Waals surface area contributed by atoms with Gasteiger partial charge in [-0.2, -0.15) is 0 Å². The number of hydrogen-bond donors (Lipinski definition) is 1. The molecule has 1 aliphatic rings. The smallest absolute Gasteiger partial charge is 0.151 e. The van der Waals surface area contributed by atoms with Crippen LogP contribution in [0.1, 0.15) is 25.5 Å². The highest BCUT2D eigenvalue weighted by molar-refractivity contribution is 7.91. The molecule has 0 unspecified atom stereocenters. The van der Waals surface area contributed by atoms with E-state index in [-0.39, 0.29) is 5.75 Å². The normalized spacial score (nSPS) is 19.4. The monoisotopic (exact) mass is 297 g/mol. The zero-order valence-electron chi connectivity index (χ0n) is 12.0. The molecule has 1 fully saturated rings. The lowest BCUT2D eigenvalue weighted by Gasteiger charge is -2.18. The molecule has 6 heteroatoms. The molecule has 1 aromatic rings. The van der Waals surface area contributed by atoms with Crippen molar-refractivity contribution < 1.29 is 8.42 Å². The van der Waals surface area contributed by atoms with Crippen LogP contribution in [0.25, 0.3) is 0 Å². The molecule has 0 radical (unpaired) electrons. The summed E-state index contributed by atoms with van der Waals surface area (Å²) in [6, 6.07) is 4.01. The van der Waals surface area contributed by atoms with E-state index in [4.69, 9.17) is 0 Å². The van der Waals surface area contributed by atoms with E-state index in [1.165, 1.54) is 0 Å². The van der Waals surface area contributed by atoms with E-state index < -0.39 is 9.84 Å². The van der Waals surface area contributed by atoms with Crippen LogP contribution in [-0.4, -0.2) is 49.4 Å². The van der Waals surface area contributed by atoms with E-state index in [9.17, 15) is 8.42 Å². The van der Waals surface area contributed by atoms with Crippen LogP contribution in [0, 0.1) is 0 Å². The van der Waals surface area contributed by atoms with Crippen LogP contribution < -0.4 is 5.32 Å². The van der Waals surface area contributed by atoms with Gasteiger partial charge >= 0.3 is 0 Å². The van der Waals surface area contributed by atoms with Gasteiger partial charge in [0.1, 0.15) is 0 Å². The van der Waals surface area contributed by atoms with Crippen LogP contribution in [-0.2, 0) is 16.4 Å².